The van der Waals surface area contributed by atoms with E-state index in [1.54, 1.807) is 16.3 Å². The molecule has 0 atom stereocenters. The van der Waals surface area contributed by atoms with Crippen LogP contribution < -0.4 is 5.56 Å². The fourth-order valence-electron chi connectivity index (χ4n) is 2.61. The van der Waals surface area contributed by atoms with Crippen LogP contribution in [0.2, 0.25) is 0 Å². The summed E-state index contributed by atoms with van der Waals surface area (Å²) < 4.78 is 3.78. The lowest BCUT2D eigenvalue weighted by molar-refractivity contribution is 0.512. The molecule has 122 valence electrons. The highest BCUT2D eigenvalue weighted by atomic mass is 32.2. The molecule has 0 fully saturated rings. The molecular weight excluding hydrogens is 308 g/mol. The predicted octanol–water partition coefficient (Wildman–Crippen LogP) is 3.59. The normalized spacial score (nSPS) is 12.1. The number of para-hydroxylation sites is 1. The van der Waals surface area contributed by atoms with Gasteiger partial charge in [0.25, 0.3) is 5.56 Å². The first kappa shape index (κ1) is 16.1. The summed E-state index contributed by atoms with van der Waals surface area (Å²) in [6.07, 6.45) is 0.938. The lowest BCUT2D eigenvalue weighted by Crippen LogP contribution is -2.24. The van der Waals surface area contributed by atoms with Crippen LogP contribution >= 0.6 is 11.8 Å². The van der Waals surface area contributed by atoms with Crippen LogP contribution in [0.1, 0.15) is 34.1 Å². The minimum absolute atomic E-state index is 0.0160. The minimum Gasteiger partial charge on any atom is -0.276 e. The van der Waals surface area contributed by atoms with E-state index in [0.29, 0.717) is 28.9 Å². The first-order chi connectivity index (χ1) is 11.0. The van der Waals surface area contributed by atoms with E-state index in [-0.39, 0.29) is 5.56 Å². The van der Waals surface area contributed by atoms with Gasteiger partial charge in [0.2, 0.25) is 5.78 Å². The van der Waals surface area contributed by atoms with Crippen molar-refractivity contribution in [2.45, 2.75) is 51.1 Å². The molecule has 2 aromatic heterocycles. The van der Waals surface area contributed by atoms with Crippen molar-refractivity contribution in [3.63, 3.8) is 0 Å². The number of benzene rings is 1. The van der Waals surface area contributed by atoms with Crippen LogP contribution in [0, 0.1) is 5.92 Å². The van der Waals surface area contributed by atoms with Crippen LogP contribution in [0.25, 0.3) is 16.7 Å². The summed E-state index contributed by atoms with van der Waals surface area (Å²) in [5.41, 5.74) is 0.892. The second kappa shape index (κ2) is 6.35. The van der Waals surface area contributed by atoms with Gasteiger partial charge in [0.05, 0.1) is 10.9 Å². The molecule has 0 aliphatic carbocycles. The molecule has 0 unspecified atom stereocenters. The molecule has 0 N–H and O–H groups in total. The molecule has 0 bridgehead atoms. The van der Waals surface area contributed by atoms with Crippen molar-refractivity contribution < 1.29 is 0 Å². The fraction of sp³-hybridized carbons (Fsp3) is 0.471. The van der Waals surface area contributed by atoms with Crippen LogP contribution in [-0.2, 0) is 6.54 Å². The van der Waals surface area contributed by atoms with E-state index in [9.17, 15) is 4.79 Å². The largest absolute Gasteiger partial charge is 0.276 e. The van der Waals surface area contributed by atoms with E-state index in [2.05, 4.69) is 37.9 Å². The van der Waals surface area contributed by atoms with Gasteiger partial charge in [-0.15, -0.1) is 10.2 Å². The van der Waals surface area contributed by atoms with Gasteiger partial charge in [0.15, 0.2) is 5.16 Å². The second-order valence-corrected chi connectivity index (χ2v) is 7.98. The molecule has 6 heteroatoms. The summed E-state index contributed by atoms with van der Waals surface area (Å²) in [6.45, 7) is 9.24. The zero-order valence-corrected chi connectivity index (χ0v) is 14.8. The van der Waals surface area contributed by atoms with Gasteiger partial charge in [-0.1, -0.05) is 51.6 Å². The van der Waals surface area contributed by atoms with Crippen LogP contribution in [-0.4, -0.2) is 24.4 Å². The number of aromatic nitrogens is 4. The van der Waals surface area contributed by atoms with E-state index >= 15 is 0 Å². The summed E-state index contributed by atoms with van der Waals surface area (Å²) in [7, 11) is 0. The molecule has 2 heterocycles. The summed E-state index contributed by atoms with van der Waals surface area (Å²) in [5, 5.41) is 10.6. The number of nitrogens with zero attached hydrogens (tertiary/aromatic N) is 4. The number of hydrogen-bond donors (Lipinski definition) is 0. The SMILES string of the molecule is CC(C)CCn1c(=O)c2ccccc2n2c(SC(C)C)nnc12. The lowest BCUT2D eigenvalue weighted by atomic mass is 10.1. The molecule has 0 aliphatic rings. The number of hydrogen-bond acceptors (Lipinski definition) is 4. The Kier molecular flexibility index (Phi) is 4.43. The van der Waals surface area contributed by atoms with Crippen LogP contribution in [0.5, 0.6) is 0 Å². The molecule has 3 aromatic rings. The zero-order valence-electron chi connectivity index (χ0n) is 14.0. The molecule has 23 heavy (non-hydrogen) atoms. The summed E-state index contributed by atoms with van der Waals surface area (Å²) in [5.74, 6) is 1.17. The van der Waals surface area contributed by atoms with Crippen LogP contribution in [0.15, 0.2) is 34.2 Å². The Morgan fingerprint density at radius 1 is 1.13 bits per heavy atom. The van der Waals surface area contributed by atoms with Gasteiger partial charge in [0, 0.05) is 11.8 Å². The van der Waals surface area contributed by atoms with Crippen molar-refractivity contribution in [3.8, 4) is 0 Å². The van der Waals surface area contributed by atoms with Gasteiger partial charge < -0.3 is 0 Å². The highest BCUT2D eigenvalue weighted by molar-refractivity contribution is 7.99. The third-order valence-electron chi connectivity index (χ3n) is 3.75. The van der Waals surface area contributed by atoms with Crippen molar-refractivity contribution in [2.24, 2.45) is 5.92 Å². The van der Waals surface area contributed by atoms with Gasteiger partial charge >= 0.3 is 0 Å². The van der Waals surface area contributed by atoms with E-state index in [1.807, 2.05) is 28.7 Å². The average molecular weight is 330 g/mol. The zero-order chi connectivity index (χ0) is 16.6. The highest BCUT2D eigenvalue weighted by Gasteiger charge is 2.17. The first-order valence-corrected chi connectivity index (χ1v) is 8.90. The Morgan fingerprint density at radius 2 is 1.87 bits per heavy atom. The second-order valence-electron chi connectivity index (χ2n) is 6.44. The van der Waals surface area contributed by atoms with Crippen molar-refractivity contribution in [1.82, 2.24) is 19.2 Å². The third-order valence-corrected chi connectivity index (χ3v) is 4.70. The maximum atomic E-state index is 12.9. The molecule has 0 saturated heterocycles. The molecule has 0 saturated carbocycles. The van der Waals surface area contributed by atoms with Gasteiger partial charge in [-0.2, -0.15) is 0 Å². The maximum absolute atomic E-state index is 12.9. The smallest absolute Gasteiger partial charge is 0.262 e. The molecule has 3 rings (SSSR count). The molecule has 1 aromatic carbocycles. The van der Waals surface area contributed by atoms with Gasteiger partial charge in [-0.3, -0.25) is 13.8 Å². The van der Waals surface area contributed by atoms with Crippen molar-refractivity contribution in [2.75, 3.05) is 0 Å². The Bertz CT molecular complexity index is 895. The van der Waals surface area contributed by atoms with E-state index in [0.717, 1.165) is 17.1 Å². The van der Waals surface area contributed by atoms with Crippen LogP contribution in [0.4, 0.5) is 0 Å². The Labute approximate surface area is 139 Å². The predicted molar refractivity (Wildman–Crippen MR) is 95.2 cm³/mol. The van der Waals surface area contributed by atoms with Gasteiger partial charge in [0.1, 0.15) is 0 Å². The van der Waals surface area contributed by atoms with E-state index in [4.69, 9.17) is 0 Å². The van der Waals surface area contributed by atoms with Crippen LogP contribution in [0.3, 0.4) is 0 Å². The summed E-state index contributed by atoms with van der Waals surface area (Å²) in [6, 6.07) is 7.70. The minimum atomic E-state index is 0.0160. The average Bonchev–Trinajstić information content (AvgIpc) is 2.90. The molecule has 5 nitrogen and oxygen atoms in total. The number of fused-ring (bicyclic) bond motifs is 3. The number of aryl methyl sites for hydroxylation is 1. The van der Waals surface area contributed by atoms with Crippen molar-refractivity contribution in [3.05, 3.63) is 34.6 Å². The third kappa shape index (κ3) is 3.00. The highest BCUT2D eigenvalue weighted by Crippen LogP contribution is 2.24. The van der Waals surface area contributed by atoms with Crippen molar-refractivity contribution >= 4 is 28.4 Å². The fourth-order valence-corrected chi connectivity index (χ4v) is 3.40. The van der Waals surface area contributed by atoms with Crippen molar-refractivity contribution in [1.29, 1.82) is 0 Å². The molecule has 0 spiro atoms. The Balaban J connectivity index is 2.31. The molecule has 0 amide bonds. The molecule has 0 aliphatic heterocycles. The van der Waals surface area contributed by atoms with E-state index in [1.165, 1.54) is 0 Å². The maximum Gasteiger partial charge on any atom is 0.262 e. The van der Waals surface area contributed by atoms with Gasteiger partial charge in [-0.25, -0.2) is 0 Å². The summed E-state index contributed by atoms with van der Waals surface area (Å²) in [4.78, 5) is 12.9. The Morgan fingerprint density at radius 3 is 2.57 bits per heavy atom. The number of thioether (sulfide) groups is 1. The Hall–Kier alpha value is -1.82. The van der Waals surface area contributed by atoms with Gasteiger partial charge in [-0.05, 0) is 24.5 Å². The quantitative estimate of drug-likeness (QED) is 0.671. The first-order valence-electron chi connectivity index (χ1n) is 8.02. The summed E-state index contributed by atoms with van der Waals surface area (Å²) >= 11 is 1.66. The monoisotopic (exact) mass is 330 g/mol. The topological polar surface area (TPSA) is 52.2 Å². The molecule has 0 radical (unpaired) electrons. The standard InChI is InChI=1S/C17H22N4OS/c1-11(2)9-10-20-15(22)13-7-5-6-8-14(13)21-16(20)18-19-17(21)23-12(3)4/h5-8,11-12H,9-10H2,1-4H3. The lowest BCUT2D eigenvalue weighted by Gasteiger charge is -2.12. The molecular formula is C17H22N4OS. The van der Waals surface area contributed by atoms with E-state index < -0.39 is 0 Å². The number of rotatable bonds is 5.